The molecule has 0 atom stereocenters. The van der Waals surface area contributed by atoms with E-state index in [2.05, 4.69) is 133 Å². The second-order valence-electron chi connectivity index (χ2n) is 15.1. The molecule has 2 heterocycles. The number of aromatic nitrogens is 3. The van der Waals surface area contributed by atoms with E-state index in [-0.39, 0.29) is 0 Å². The average Bonchev–Trinajstić information content (AvgIpc) is 3.70. The molecule has 12 rings (SSSR count). The lowest BCUT2D eigenvalue weighted by atomic mass is 9.86. The molecule has 4 nitrogen and oxygen atoms in total. The molecule has 0 bridgehead atoms. The number of benzene rings is 10. The second kappa shape index (κ2) is 13.3. The first kappa shape index (κ1) is 33.2. The third-order valence-corrected chi connectivity index (χ3v) is 11.7. The van der Waals surface area contributed by atoms with Gasteiger partial charge in [-0.3, -0.25) is 0 Å². The topological polar surface area (TPSA) is 51.8 Å². The van der Waals surface area contributed by atoms with Crippen LogP contribution in [0, 0.1) is 0 Å². The summed E-state index contributed by atoms with van der Waals surface area (Å²) in [5.74, 6) is 1.90. The normalized spacial score (nSPS) is 11.7. The first-order chi connectivity index (χ1) is 29.3. The number of furan rings is 1. The molecule has 0 aliphatic rings. The van der Waals surface area contributed by atoms with E-state index in [0.717, 1.165) is 71.7 Å². The third-order valence-electron chi connectivity index (χ3n) is 11.7. The largest absolute Gasteiger partial charge is 0.456 e. The summed E-state index contributed by atoms with van der Waals surface area (Å²) in [6, 6.07) is 70.5. The minimum absolute atomic E-state index is 0.626. The van der Waals surface area contributed by atoms with Gasteiger partial charge in [0.15, 0.2) is 17.5 Å². The highest BCUT2D eigenvalue weighted by Crippen LogP contribution is 2.47. The Balaban J connectivity index is 1.13. The van der Waals surface area contributed by atoms with Crippen molar-refractivity contribution in [1.82, 2.24) is 15.0 Å². The number of para-hydroxylation sites is 1. The maximum absolute atomic E-state index is 6.57. The van der Waals surface area contributed by atoms with Gasteiger partial charge in [0.2, 0.25) is 0 Å². The molecular formula is C55H33N3O. The van der Waals surface area contributed by atoms with E-state index in [4.69, 9.17) is 19.4 Å². The van der Waals surface area contributed by atoms with Crippen LogP contribution in [0.4, 0.5) is 0 Å². The van der Waals surface area contributed by atoms with Crippen molar-refractivity contribution in [3.63, 3.8) is 0 Å². The minimum Gasteiger partial charge on any atom is -0.456 e. The lowest BCUT2D eigenvalue weighted by Crippen LogP contribution is -2.00. The summed E-state index contributed by atoms with van der Waals surface area (Å²) in [7, 11) is 0. The van der Waals surface area contributed by atoms with Gasteiger partial charge in [-0.2, -0.15) is 0 Å². The van der Waals surface area contributed by atoms with Crippen molar-refractivity contribution in [2.45, 2.75) is 0 Å². The standard InChI is InChI=1S/C55H33N3O/c1-3-15-34(16-4-1)53-56-54(35-17-5-2-6-18-35)58-55(57-53)46-30-29-45(41-22-10-11-23-42(41)46)51-37(31-32-50-52(51)47-25-13-14-26-49(47)59-50)36-27-28-44-40-21-8-7-19-38(40)39-20-9-12-24-43(39)48(44)33-36/h1-33H. The maximum Gasteiger partial charge on any atom is 0.164 e. The molecule has 0 spiro atoms. The van der Waals surface area contributed by atoms with Crippen LogP contribution in [0.5, 0.6) is 0 Å². The minimum atomic E-state index is 0.626. The molecule has 0 unspecified atom stereocenters. The average molecular weight is 752 g/mol. The van der Waals surface area contributed by atoms with E-state index in [1.807, 2.05) is 66.7 Å². The van der Waals surface area contributed by atoms with Crippen LogP contribution in [0.25, 0.3) is 121 Å². The quantitative estimate of drug-likeness (QED) is 0.164. The predicted octanol–water partition coefficient (Wildman–Crippen LogP) is 14.7. The zero-order valence-corrected chi connectivity index (χ0v) is 31.8. The molecule has 0 fully saturated rings. The molecule has 0 radical (unpaired) electrons. The van der Waals surface area contributed by atoms with Crippen LogP contribution in [-0.4, -0.2) is 15.0 Å². The molecule has 2 aromatic heterocycles. The number of rotatable bonds is 5. The number of fused-ring (bicyclic) bond motifs is 10. The number of hydrogen-bond acceptors (Lipinski definition) is 4. The number of hydrogen-bond donors (Lipinski definition) is 0. The Hall–Kier alpha value is -7.95. The molecule has 0 aliphatic carbocycles. The summed E-state index contributed by atoms with van der Waals surface area (Å²) in [6.45, 7) is 0. The summed E-state index contributed by atoms with van der Waals surface area (Å²) in [4.78, 5) is 15.2. The van der Waals surface area contributed by atoms with E-state index in [9.17, 15) is 0 Å². The van der Waals surface area contributed by atoms with Crippen LogP contribution in [0.2, 0.25) is 0 Å². The van der Waals surface area contributed by atoms with Gasteiger partial charge >= 0.3 is 0 Å². The summed E-state index contributed by atoms with van der Waals surface area (Å²) < 4.78 is 6.57. The van der Waals surface area contributed by atoms with E-state index < -0.39 is 0 Å². The first-order valence-electron chi connectivity index (χ1n) is 19.9. The van der Waals surface area contributed by atoms with Gasteiger partial charge in [-0.15, -0.1) is 0 Å². The molecule has 4 heteroatoms. The Morgan fingerprint density at radius 2 is 0.729 bits per heavy atom. The molecule has 59 heavy (non-hydrogen) atoms. The Morgan fingerprint density at radius 3 is 1.36 bits per heavy atom. The molecule has 0 saturated heterocycles. The van der Waals surface area contributed by atoms with Gasteiger partial charge in [0, 0.05) is 33.0 Å². The van der Waals surface area contributed by atoms with Crippen molar-refractivity contribution >= 4 is 65.0 Å². The van der Waals surface area contributed by atoms with Crippen LogP contribution in [0.3, 0.4) is 0 Å². The fourth-order valence-corrected chi connectivity index (χ4v) is 9.05. The SMILES string of the molecule is c1ccc(-c2nc(-c3ccccc3)nc(-c3ccc(-c4c(-c5ccc6c7ccccc7c7ccccc7c6c5)ccc5oc6ccccc6c45)c4ccccc34)n2)cc1. The van der Waals surface area contributed by atoms with Crippen molar-refractivity contribution in [1.29, 1.82) is 0 Å². The lowest BCUT2D eigenvalue weighted by Gasteiger charge is -2.18. The third kappa shape index (κ3) is 5.34. The predicted molar refractivity (Wildman–Crippen MR) is 244 cm³/mol. The highest BCUT2D eigenvalue weighted by Gasteiger charge is 2.22. The molecule has 10 aromatic carbocycles. The zero-order valence-electron chi connectivity index (χ0n) is 31.8. The number of nitrogens with zero attached hydrogens (tertiary/aromatic N) is 3. The Bertz CT molecular complexity index is 3520. The van der Waals surface area contributed by atoms with Crippen LogP contribution in [0.1, 0.15) is 0 Å². The van der Waals surface area contributed by atoms with Crippen LogP contribution < -0.4 is 0 Å². The fraction of sp³-hybridized carbons (Fsp3) is 0. The van der Waals surface area contributed by atoms with Crippen molar-refractivity contribution < 1.29 is 4.42 Å². The van der Waals surface area contributed by atoms with Crippen LogP contribution in [0.15, 0.2) is 205 Å². The highest BCUT2D eigenvalue weighted by atomic mass is 16.3. The van der Waals surface area contributed by atoms with Crippen molar-refractivity contribution in [2.24, 2.45) is 0 Å². The highest BCUT2D eigenvalue weighted by molar-refractivity contribution is 6.26. The first-order valence-corrected chi connectivity index (χ1v) is 19.9. The smallest absolute Gasteiger partial charge is 0.164 e. The Kier molecular flexibility index (Phi) is 7.50. The molecule has 274 valence electrons. The van der Waals surface area contributed by atoms with E-state index >= 15 is 0 Å². The summed E-state index contributed by atoms with van der Waals surface area (Å²) >= 11 is 0. The van der Waals surface area contributed by atoms with E-state index in [1.54, 1.807) is 0 Å². The molecule has 0 amide bonds. The van der Waals surface area contributed by atoms with Gasteiger partial charge in [0.1, 0.15) is 11.2 Å². The Morgan fingerprint density at radius 1 is 0.271 bits per heavy atom. The molecule has 12 aromatic rings. The zero-order chi connectivity index (χ0) is 38.9. The lowest BCUT2D eigenvalue weighted by molar-refractivity contribution is 0.669. The summed E-state index contributed by atoms with van der Waals surface area (Å²) in [5.41, 5.74) is 9.06. The Labute approximate surface area is 339 Å². The van der Waals surface area contributed by atoms with Crippen molar-refractivity contribution in [3.05, 3.63) is 200 Å². The van der Waals surface area contributed by atoms with E-state index in [0.29, 0.717) is 17.5 Å². The van der Waals surface area contributed by atoms with Gasteiger partial charge in [0.25, 0.3) is 0 Å². The van der Waals surface area contributed by atoms with Gasteiger partial charge in [-0.05, 0) is 84.0 Å². The van der Waals surface area contributed by atoms with Gasteiger partial charge in [0.05, 0.1) is 0 Å². The van der Waals surface area contributed by atoms with Crippen LogP contribution >= 0.6 is 0 Å². The van der Waals surface area contributed by atoms with Gasteiger partial charge in [-0.25, -0.2) is 15.0 Å². The maximum atomic E-state index is 6.57. The summed E-state index contributed by atoms with van der Waals surface area (Å²) in [6.07, 6.45) is 0. The van der Waals surface area contributed by atoms with Gasteiger partial charge < -0.3 is 4.42 Å². The van der Waals surface area contributed by atoms with E-state index in [1.165, 1.54) is 32.3 Å². The fourth-order valence-electron chi connectivity index (χ4n) is 9.05. The molecular weight excluding hydrogens is 719 g/mol. The van der Waals surface area contributed by atoms with Crippen molar-refractivity contribution in [2.75, 3.05) is 0 Å². The summed E-state index contributed by atoms with van der Waals surface area (Å²) in [5, 5.41) is 11.9. The molecule has 0 aliphatic heterocycles. The second-order valence-corrected chi connectivity index (χ2v) is 15.1. The van der Waals surface area contributed by atoms with Gasteiger partial charge in [-0.1, -0.05) is 176 Å². The molecule has 0 N–H and O–H groups in total. The monoisotopic (exact) mass is 751 g/mol. The van der Waals surface area contributed by atoms with Crippen molar-refractivity contribution in [3.8, 4) is 56.4 Å². The van der Waals surface area contributed by atoms with Crippen LogP contribution in [-0.2, 0) is 0 Å². The molecule has 0 saturated carbocycles.